The number of phenolic OH excluding ortho intramolecular Hbond substituents is 1. The summed E-state index contributed by atoms with van der Waals surface area (Å²) >= 11 is 0. The van der Waals surface area contributed by atoms with Crippen molar-refractivity contribution < 1.29 is 5.11 Å². The highest BCUT2D eigenvalue weighted by Crippen LogP contribution is 2.18. The fraction of sp³-hybridized carbons (Fsp3) is 0. The zero-order valence-electron chi connectivity index (χ0n) is 9.28. The predicted octanol–water partition coefficient (Wildman–Crippen LogP) is 1.81. The molecule has 0 atom stereocenters. The molecule has 0 radical (unpaired) electrons. The normalized spacial score (nSPS) is 11.3. The van der Waals surface area contributed by atoms with Crippen molar-refractivity contribution >= 4 is 23.2 Å². The van der Waals surface area contributed by atoms with Crippen LogP contribution in [0.15, 0.2) is 41.9 Å². The van der Waals surface area contributed by atoms with Gasteiger partial charge in [0.05, 0.1) is 6.33 Å². The van der Waals surface area contributed by atoms with Gasteiger partial charge in [-0.25, -0.2) is 19.9 Å². The van der Waals surface area contributed by atoms with Gasteiger partial charge in [-0.2, -0.15) is 0 Å². The van der Waals surface area contributed by atoms with Gasteiger partial charge < -0.3 is 10.1 Å². The van der Waals surface area contributed by atoms with E-state index in [4.69, 9.17) is 0 Å². The molecule has 6 heteroatoms. The molecule has 2 N–H and O–H groups in total. The quantitative estimate of drug-likeness (QED) is 0.667. The highest BCUT2D eigenvalue weighted by Gasteiger charge is 2.03. The fourth-order valence-electron chi connectivity index (χ4n) is 1.59. The molecule has 0 unspecified atom stereocenters. The molecular weight excluding hydrogens is 230 g/mol. The topological polar surface area (TPSA) is 87.1 Å². The zero-order chi connectivity index (χ0) is 12.4. The number of nitrogens with zero attached hydrogens (tertiary/aromatic N) is 4. The smallest absolute Gasteiger partial charge is 0.182 e. The molecule has 3 rings (SSSR count). The number of aliphatic imine (C=N–C) groups is 1. The SMILES string of the molecule is Oc1cccc(C=Nc2ncnc3nc[nH]c23)c1. The van der Waals surface area contributed by atoms with E-state index in [-0.39, 0.29) is 5.75 Å². The van der Waals surface area contributed by atoms with Gasteiger partial charge in [-0.15, -0.1) is 0 Å². The molecule has 18 heavy (non-hydrogen) atoms. The van der Waals surface area contributed by atoms with E-state index >= 15 is 0 Å². The molecule has 1 aromatic carbocycles. The van der Waals surface area contributed by atoms with Gasteiger partial charge in [0.15, 0.2) is 11.5 Å². The van der Waals surface area contributed by atoms with Crippen LogP contribution in [0.2, 0.25) is 0 Å². The van der Waals surface area contributed by atoms with E-state index in [0.717, 1.165) is 5.56 Å². The molecular formula is C12H9N5O. The number of benzene rings is 1. The van der Waals surface area contributed by atoms with Crippen LogP contribution in [-0.4, -0.2) is 31.3 Å². The van der Waals surface area contributed by atoms with Gasteiger partial charge in [-0.3, -0.25) is 0 Å². The van der Waals surface area contributed by atoms with Crippen LogP contribution >= 0.6 is 0 Å². The zero-order valence-corrected chi connectivity index (χ0v) is 9.28. The highest BCUT2D eigenvalue weighted by atomic mass is 16.3. The highest BCUT2D eigenvalue weighted by molar-refractivity contribution is 5.87. The number of imidazole rings is 1. The van der Waals surface area contributed by atoms with Crippen molar-refractivity contribution in [3.63, 3.8) is 0 Å². The number of nitrogens with one attached hydrogen (secondary N) is 1. The molecule has 3 aromatic rings. The number of aromatic hydroxyl groups is 1. The minimum atomic E-state index is 0.202. The maximum Gasteiger partial charge on any atom is 0.182 e. The number of hydrogen-bond donors (Lipinski definition) is 2. The first kappa shape index (κ1) is 10.4. The van der Waals surface area contributed by atoms with Gasteiger partial charge >= 0.3 is 0 Å². The number of rotatable bonds is 2. The Kier molecular flexibility index (Phi) is 2.45. The summed E-state index contributed by atoms with van der Waals surface area (Å²) in [5.74, 6) is 0.717. The molecule has 0 saturated heterocycles. The first-order valence-corrected chi connectivity index (χ1v) is 5.30. The molecule has 2 aromatic heterocycles. The Morgan fingerprint density at radius 1 is 1.22 bits per heavy atom. The third-order valence-corrected chi connectivity index (χ3v) is 2.41. The third kappa shape index (κ3) is 1.91. The summed E-state index contributed by atoms with van der Waals surface area (Å²) < 4.78 is 0. The number of H-pyrrole nitrogens is 1. The van der Waals surface area contributed by atoms with Gasteiger partial charge in [0.2, 0.25) is 0 Å². The van der Waals surface area contributed by atoms with Crippen LogP contribution in [0.25, 0.3) is 11.2 Å². The average molecular weight is 239 g/mol. The Bertz CT molecular complexity index is 719. The Morgan fingerprint density at radius 2 is 2.17 bits per heavy atom. The standard InChI is InChI=1S/C12H9N5O/c18-9-3-1-2-8(4-9)5-13-11-10-12(15-6-14-10)17-7-16-11/h1-7,18H,(H,14,15,16,17). The summed E-state index contributed by atoms with van der Waals surface area (Å²) in [5, 5.41) is 9.35. The first-order valence-electron chi connectivity index (χ1n) is 5.30. The van der Waals surface area contributed by atoms with Crippen LogP contribution in [0.4, 0.5) is 5.82 Å². The van der Waals surface area contributed by atoms with E-state index in [1.54, 1.807) is 30.7 Å². The lowest BCUT2D eigenvalue weighted by molar-refractivity contribution is 0.475. The second-order valence-electron chi connectivity index (χ2n) is 3.65. The predicted molar refractivity (Wildman–Crippen MR) is 67.0 cm³/mol. The molecule has 2 heterocycles. The molecule has 0 spiro atoms. The number of aromatic amines is 1. The third-order valence-electron chi connectivity index (χ3n) is 2.41. The Morgan fingerprint density at radius 3 is 3.06 bits per heavy atom. The van der Waals surface area contributed by atoms with E-state index in [9.17, 15) is 5.11 Å². The Labute approximate surface area is 102 Å². The summed E-state index contributed by atoms with van der Waals surface area (Å²) in [6.07, 6.45) is 4.59. The van der Waals surface area contributed by atoms with E-state index in [1.807, 2.05) is 6.07 Å². The van der Waals surface area contributed by atoms with Crippen LogP contribution in [0.3, 0.4) is 0 Å². The lowest BCUT2D eigenvalue weighted by Crippen LogP contribution is -1.84. The van der Waals surface area contributed by atoms with Crippen molar-refractivity contribution in [2.45, 2.75) is 0 Å². The van der Waals surface area contributed by atoms with Crippen molar-refractivity contribution in [2.75, 3.05) is 0 Å². The molecule has 0 saturated carbocycles. The van der Waals surface area contributed by atoms with Gasteiger partial charge in [0, 0.05) is 6.21 Å². The number of fused-ring (bicyclic) bond motifs is 1. The maximum atomic E-state index is 9.35. The van der Waals surface area contributed by atoms with E-state index in [0.29, 0.717) is 17.0 Å². The molecule has 0 bridgehead atoms. The van der Waals surface area contributed by atoms with Gasteiger partial charge in [0.25, 0.3) is 0 Å². The monoisotopic (exact) mass is 239 g/mol. The summed E-state index contributed by atoms with van der Waals surface area (Å²) in [6.45, 7) is 0. The molecule has 0 amide bonds. The van der Waals surface area contributed by atoms with E-state index in [2.05, 4.69) is 24.9 Å². The van der Waals surface area contributed by atoms with Crippen molar-refractivity contribution in [2.24, 2.45) is 4.99 Å². The summed E-state index contributed by atoms with van der Waals surface area (Å²) in [6, 6.07) is 6.82. The van der Waals surface area contributed by atoms with Gasteiger partial charge in [0.1, 0.15) is 17.6 Å². The Balaban J connectivity index is 1.99. The van der Waals surface area contributed by atoms with E-state index < -0.39 is 0 Å². The largest absolute Gasteiger partial charge is 0.508 e. The second-order valence-corrected chi connectivity index (χ2v) is 3.65. The van der Waals surface area contributed by atoms with Gasteiger partial charge in [-0.05, 0) is 17.7 Å². The van der Waals surface area contributed by atoms with Crippen LogP contribution in [-0.2, 0) is 0 Å². The molecule has 88 valence electrons. The minimum Gasteiger partial charge on any atom is -0.508 e. The molecule has 6 nitrogen and oxygen atoms in total. The number of hydrogen-bond acceptors (Lipinski definition) is 5. The van der Waals surface area contributed by atoms with Crippen LogP contribution < -0.4 is 0 Å². The van der Waals surface area contributed by atoms with Crippen molar-refractivity contribution in [3.05, 3.63) is 42.5 Å². The van der Waals surface area contributed by atoms with Gasteiger partial charge in [-0.1, -0.05) is 12.1 Å². The lowest BCUT2D eigenvalue weighted by atomic mass is 10.2. The summed E-state index contributed by atoms with van der Waals surface area (Å²) in [7, 11) is 0. The molecule has 0 aliphatic carbocycles. The van der Waals surface area contributed by atoms with Crippen molar-refractivity contribution in [1.82, 2.24) is 19.9 Å². The number of phenols is 1. The molecule has 0 aliphatic rings. The molecule has 0 aliphatic heterocycles. The average Bonchev–Trinajstić information content (AvgIpc) is 2.85. The van der Waals surface area contributed by atoms with Crippen LogP contribution in [0.5, 0.6) is 5.75 Å². The second kappa shape index (κ2) is 4.25. The summed E-state index contributed by atoms with van der Waals surface area (Å²) in [5.41, 5.74) is 2.06. The fourth-order valence-corrected chi connectivity index (χ4v) is 1.59. The summed E-state index contributed by atoms with van der Waals surface area (Å²) in [4.78, 5) is 19.3. The number of aromatic nitrogens is 4. The molecule has 0 fully saturated rings. The van der Waals surface area contributed by atoms with Crippen molar-refractivity contribution in [3.8, 4) is 5.75 Å². The van der Waals surface area contributed by atoms with Crippen LogP contribution in [0, 0.1) is 0 Å². The first-order chi connectivity index (χ1) is 8.83. The maximum absolute atomic E-state index is 9.35. The Hall–Kier alpha value is -2.76. The lowest BCUT2D eigenvalue weighted by Gasteiger charge is -1.95. The minimum absolute atomic E-state index is 0.202. The van der Waals surface area contributed by atoms with E-state index in [1.165, 1.54) is 6.33 Å². The van der Waals surface area contributed by atoms with Crippen molar-refractivity contribution in [1.29, 1.82) is 0 Å². The van der Waals surface area contributed by atoms with Crippen LogP contribution in [0.1, 0.15) is 5.56 Å².